The van der Waals surface area contributed by atoms with Gasteiger partial charge in [0.1, 0.15) is 12.1 Å². The summed E-state index contributed by atoms with van der Waals surface area (Å²) >= 11 is 0. The molecule has 3 N–H and O–H groups in total. The molecule has 0 rings (SSSR count). The van der Waals surface area contributed by atoms with E-state index in [1.807, 2.05) is 0 Å². The van der Waals surface area contributed by atoms with Gasteiger partial charge in [0.15, 0.2) is 0 Å². The van der Waals surface area contributed by atoms with Crippen LogP contribution in [0.4, 0.5) is 4.79 Å². The van der Waals surface area contributed by atoms with Crippen molar-refractivity contribution in [3.8, 4) is 0 Å². The fourth-order valence-corrected chi connectivity index (χ4v) is 3.12. The molecule has 176 valence electrons. The normalized spacial score (nSPS) is 11.2. The first kappa shape index (κ1) is 28.2. The molecule has 0 unspecified atom stereocenters. The smallest absolute Gasteiger partial charge is 0.410 e. The van der Waals surface area contributed by atoms with Crippen LogP contribution in [0.3, 0.4) is 0 Å². The second-order valence-corrected chi connectivity index (χ2v) is 9.03. The van der Waals surface area contributed by atoms with E-state index < -0.39 is 23.5 Å². The zero-order chi connectivity index (χ0) is 22.8. The number of primary amides is 1. The fraction of sp³-hybridized carbons (Fsp3) is 0.870. The number of hydrogen-bond donors (Lipinski definition) is 2. The van der Waals surface area contributed by atoms with Crippen molar-refractivity contribution in [1.29, 1.82) is 0 Å². The third-order valence-electron chi connectivity index (χ3n) is 4.73. The molecule has 7 heteroatoms. The minimum atomic E-state index is -0.629. The van der Waals surface area contributed by atoms with Crippen molar-refractivity contribution >= 4 is 17.9 Å². The van der Waals surface area contributed by atoms with Crippen molar-refractivity contribution < 1.29 is 19.1 Å². The molecule has 0 radical (unpaired) electrons. The van der Waals surface area contributed by atoms with Crippen molar-refractivity contribution in [2.75, 3.05) is 19.6 Å². The van der Waals surface area contributed by atoms with Crippen LogP contribution in [0, 0.1) is 0 Å². The van der Waals surface area contributed by atoms with Crippen molar-refractivity contribution in [3.05, 3.63) is 0 Å². The second-order valence-electron chi connectivity index (χ2n) is 9.03. The lowest BCUT2D eigenvalue weighted by atomic mass is 10.1. The molecule has 0 aromatic carbocycles. The van der Waals surface area contributed by atoms with E-state index in [-0.39, 0.29) is 13.1 Å². The van der Waals surface area contributed by atoms with Crippen LogP contribution in [0.5, 0.6) is 0 Å². The highest BCUT2D eigenvalue weighted by Gasteiger charge is 2.23. The Labute approximate surface area is 183 Å². The Morgan fingerprint density at radius 2 is 1.30 bits per heavy atom. The Balaban J connectivity index is 4.10. The first-order chi connectivity index (χ1) is 14.2. The highest BCUT2D eigenvalue weighted by Crippen LogP contribution is 2.13. The van der Waals surface area contributed by atoms with Gasteiger partial charge in [-0.3, -0.25) is 14.5 Å². The molecular weight excluding hydrogens is 382 g/mol. The molecule has 0 aliphatic rings. The summed E-state index contributed by atoms with van der Waals surface area (Å²) in [4.78, 5) is 36.6. The van der Waals surface area contributed by atoms with E-state index in [4.69, 9.17) is 10.5 Å². The standard InChI is InChI=1S/C23H45N3O4/c1-5-6-7-8-9-10-11-12-13-14-15-16-17-26(22(29)30-23(2,3)4)19-21(28)25-18-20(24)27/h5-19H2,1-4H3,(H2,24,27)(H,25,28). The van der Waals surface area contributed by atoms with Crippen LogP contribution in [-0.4, -0.2) is 48.0 Å². The molecule has 0 saturated heterocycles. The van der Waals surface area contributed by atoms with Gasteiger partial charge in [0.05, 0.1) is 6.54 Å². The molecule has 30 heavy (non-hydrogen) atoms. The summed E-state index contributed by atoms with van der Waals surface area (Å²) < 4.78 is 5.40. The fourth-order valence-electron chi connectivity index (χ4n) is 3.12. The van der Waals surface area contributed by atoms with E-state index in [1.165, 1.54) is 62.7 Å². The van der Waals surface area contributed by atoms with Gasteiger partial charge in [-0.05, 0) is 27.2 Å². The summed E-state index contributed by atoms with van der Waals surface area (Å²) in [5.41, 5.74) is 4.41. The number of nitrogens with zero attached hydrogens (tertiary/aromatic N) is 1. The van der Waals surface area contributed by atoms with E-state index in [2.05, 4.69) is 12.2 Å². The van der Waals surface area contributed by atoms with Gasteiger partial charge in [-0.15, -0.1) is 0 Å². The first-order valence-corrected chi connectivity index (χ1v) is 11.7. The number of carbonyl (C=O) groups is 3. The number of nitrogens with two attached hydrogens (primary N) is 1. The number of amides is 3. The summed E-state index contributed by atoms with van der Waals surface area (Å²) in [6.45, 7) is 7.70. The molecule has 7 nitrogen and oxygen atoms in total. The molecule has 0 aromatic heterocycles. The number of rotatable bonds is 17. The summed E-state index contributed by atoms with van der Waals surface area (Å²) in [6, 6.07) is 0. The SMILES string of the molecule is CCCCCCCCCCCCCCN(CC(=O)NCC(N)=O)C(=O)OC(C)(C)C. The van der Waals surface area contributed by atoms with Crippen molar-refractivity contribution in [1.82, 2.24) is 10.2 Å². The molecule has 0 bridgehead atoms. The molecular formula is C23H45N3O4. The van der Waals surface area contributed by atoms with Gasteiger partial charge in [-0.2, -0.15) is 0 Å². The molecule has 0 aromatic rings. The first-order valence-electron chi connectivity index (χ1n) is 11.7. The lowest BCUT2D eigenvalue weighted by molar-refractivity contribution is -0.125. The summed E-state index contributed by atoms with van der Waals surface area (Å²) in [6.07, 6.45) is 14.3. The maximum atomic E-state index is 12.4. The Hall–Kier alpha value is -1.79. The second kappa shape index (κ2) is 16.9. The van der Waals surface area contributed by atoms with Crippen molar-refractivity contribution in [3.63, 3.8) is 0 Å². The number of nitrogens with one attached hydrogen (secondary N) is 1. The van der Waals surface area contributed by atoms with E-state index in [0.717, 1.165) is 19.3 Å². The maximum Gasteiger partial charge on any atom is 0.410 e. The van der Waals surface area contributed by atoms with Gasteiger partial charge in [-0.25, -0.2) is 4.79 Å². The van der Waals surface area contributed by atoms with Gasteiger partial charge < -0.3 is 15.8 Å². The van der Waals surface area contributed by atoms with Crippen LogP contribution >= 0.6 is 0 Å². The van der Waals surface area contributed by atoms with Crippen LogP contribution in [0.25, 0.3) is 0 Å². The average Bonchev–Trinajstić information content (AvgIpc) is 2.64. The summed E-state index contributed by atoms with van der Waals surface area (Å²) in [7, 11) is 0. The van der Waals surface area contributed by atoms with Gasteiger partial charge in [-0.1, -0.05) is 77.6 Å². The third-order valence-corrected chi connectivity index (χ3v) is 4.73. The Kier molecular flexibility index (Phi) is 15.9. The van der Waals surface area contributed by atoms with E-state index in [0.29, 0.717) is 6.54 Å². The van der Waals surface area contributed by atoms with E-state index in [9.17, 15) is 14.4 Å². The van der Waals surface area contributed by atoms with Crippen LogP contribution in [0.2, 0.25) is 0 Å². The van der Waals surface area contributed by atoms with Crippen LogP contribution in [0.1, 0.15) is 105 Å². The van der Waals surface area contributed by atoms with Crippen LogP contribution in [-0.2, 0) is 14.3 Å². The number of carbonyl (C=O) groups excluding carboxylic acids is 3. The average molecular weight is 428 g/mol. The van der Waals surface area contributed by atoms with Gasteiger partial charge >= 0.3 is 6.09 Å². The number of hydrogen-bond acceptors (Lipinski definition) is 4. The van der Waals surface area contributed by atoms with E-state index in [1.54, 1.807) is 20.8 Å². The van der Waals surface area contributed by atoms with Gasteiger partial charge in [0.2, 0.25) is 11.8 Å². The quantitative estimate of drug-likeness (QED) is 0.333. The summed E-state index contributed by atoms with van der Waals surface area (Å²) in [5, 5.41) is 2.41. The molecule has 0 aliphatic heterocycles. The molecule has 0 heterocycles. The zero-order valence-corrected chi connectivity index (χ0v) is 19.8. The number of unbranched alkanes of at least 4 members (excludes halogenated alkanes) is 11. The molecule has 0 spiro atoms. The molecule has 0 aliphatic carbocycles. The molecule has 0 fully saturated rings. The Bertz CT molecular complexity index is 489. The third kappa shape index (κ3) is 18.3. The Morgan fingerprint density at radius 3 is 1.73 bits per heavy atom. The van der Waals surface area contributed by atoms with Crippen molar-refractivity contribution in [2.24, 2.45) is 5.73 Å². The minimum Gasteiger partial charge on any atom is -0.444 e. The summed E-state index contributed by atoms with van der Waals surface area (Å²) in [5.74, 6) is -1.04. The number of ether oxygens (including phenoxy) is 1. The lowest BCUT2D eigenvalue weighted by Gasteiger charge is -2.27. The van der Waals surface area contributed by atoms with Gasteiger partial charge in [0, 0.05) is 6.54 Å². The predicted octanol–water partition coefficient (Wildman–Crippen LogP) is 4.53. The predicted molar refractivity (Wildman–Crippen MR) is 121 cm³/mol. The van der Waals surface area contributed by atoms with Crippen LogP contribution in [0.15, 0.2) is 0 Å². The maximum absolute atomic E-state index is 12.4. The molecule has 3 amide bonds. The van der Waals surface area contributed by atoms with Gasteiger partial charge in [0.25, 0.3) is 0 Å². The van der Waals surface area contributed by atoms with Crippen molar-refractivity contribution in [2.45, 2.75) is 110 Å². The van der Waals surface area contributed by atoms with Crippen LogP contribution < -0.4 is 11.1 Å². The molecule has 0 saturated carbocycles. The highest BCUT2D eigenvalue weighted by molar-refractivity contribution is 5.86. The molecule has 0 atom stereocenters. The minimum absolute atomic E-state index is 0.139. The largest absolute Gasteiger partial charge is 0.444 e. The monoisotopic (exact) mass is 427 g/mol. The van der Waals surface area contributed by atoms with E-state index >= 15 is 0 Å². The lowest BCUT2D eigenvalue weighted by Crippen LogP contribution is -2.45. The Morgan fingerprint density at radius 1 is 0.833 bits per heavy atom. The highest BCUT2D eigenvalue weighted by atomic mass is 16.6. The zero-order valence-electron chi connectivity index (χ0n) is 19.8. The topological polar surface area (TPSA) is 102 Å².